The van der Waals surface area contributed by atoms with E-state index in [1.54, 1.807) is 0 Å². The third-order valence-electron chi connectivity index (χ3n) is 5.72. The first kappa shape index (κ1) is 16.8. The van der Waals surface area contributed by atoms with E-state index in [1.807, 2.05) is 42.9 Å². The Labute approximate surface area is 153 Å². The number of H-pyrrole nitrogens is 1. The minimum absolute atomic E-state index is 0.0895. The highest BCUT2D eigenvalue weighted by atomic mass is 16.2. The predicted octanol–water partition coefficient (Wildman–Crippen LogP) is 3.58. The van der Waals surface area contributed by atoms with Gasteiger partial charge in [0, 0.05) is 24.0 Å². The molecule has 0 unspecified atom stereocenters. The molecule has 1 aromatic carbocycles. The van der Waals surface area contributed by atoms with Crippen LogP contribution in [0.5, 0.6) is 0 Å². The summed E-state index contributed by atoms with van der Waals surface area (Å²) in [6.45, 7) is 4.19. The monoisotopic (exact) mass is 351 g/mol. The van der Waals surface area contributed by atoms with Crippen LogP contribution in [0.25, 0.3) is 22.2 Å². The van der Waals surface area contributed by atoms with Gasteiger partial charge in [0.2, 0.25) is 0 Å². The molecule has 6 nitrogen and oxygen atoms in total. The molecule has 2 aromatic heterocycles. The Kier molecular flexibility index (Phi) is 4.26. The van der Waals surface area contributed by atoms with Gasteiger partial charge in [-0.25, -0.2) is 4.98 Å². The SMILES string of the molecule is Cc1ncc(-c2ccc3[nH]nc(C(=O)N[C@@H]4CCCC[C@H]4C)c3c2)n1C. The van der Waals surface area contributed by atoms with Crippen LogP contribution in [-0.2, 0) is 7.05 Å². The van der Waals surface area contributed by atoms with Gasteiger partial charge in [-0.05, 0) is 37.8 Å². The Hall–Kier alpha value is -2.63. The molecule has 1 aliphatic carbocycles. The van der Waals surface area contributed by atoms with Gasteiger partial charge in [0.05, 0.1) is 17.4 Å². The van der Waals surface area contributed by atoms with Crippen LogP contribution in [0, 0.1) is 12.8 Å². The first-order valence-corrected chi connectivity index (χ1v) is 9.32. The lowest BCUT2D eigenvalue weighted by molar-refractivity contribution is 0.0907. The fraction of sp³-hybridized carbons (Fsp3) is 0.450. The fourth-order valence-electron chi connectivity index (χ4n) is 3.88. The molecule has 0 radical (unpaired) electrons. The molecule has 4 rings (SSSR count). The minimum atomic E-state index is -0.0895. The van der Waals surface area contributed by atoms with E-state index in [-0.39, 0.29) is 11.9 Å². The predicted molar refractivity (Wildman–Crippen MR) is 102 cm³/mol. The number of fused-ring (bicyclic) bond motifs is 1. The molecule has 1 aliphatic rings. The van der Waals surface area contributed by atoms with Crippen LogP contribution in [0.2, 0.25) is 0 Å². The molecule has 2 atom stereocenters. The second-order valence-electron chi connectivity index (χ2n) is 7.42. The molecular formula is C20H25N5O. The van der Waals surface area contributed by atoms with Crippen LogP contribution in [0.15, 0.2) is 24.4 Å². The molecule has 0 aliphatic heterocycles. The van der Waals surface area contributed by atoms with Crippen LogP contribution in [0.3, 0.4) is 0 Å². The van der Waals surface area contributed by atoms with Crippen molar-refractivity contribution in [2.75, 3.05) is 0 Å². The largest absolute Gasteiger partial charge is 0.348 e. The van der Waals surface area contributed by atoms with Crippen LogP contribution >= 0.6 is 0 Å². The van der Waals surface area contributed by atoms with E-state index in [4.69, 9.17) is 0 Å². The Morgan fingerprint density at radius 3 is 2.85 bits per heavy atom. The molecule has 1 amide bonds. The summed E-state index contributed by atoms with van der Waals surface area (Å²) < 4.78 is 2.05. The first-order chi connectivity index (χ1) is 12.5. The number of nitrogens with zero attached hydrogens (tertiary/aromatic N) is 3. The number of hydrogen-bond donors (Lipinski definition) is 2. The van der Waals surface area contributed by atoms with Crippen molar-refractivity contribution in [3.63, 3.8) is 0 Å². The van der Waals surface area contributed by atoms with Gasteiger partial charge in [-0.2, -0.15) is 5.10 Å². The number of hydrogen-bond acceptors (Lipinski definition) is 3. The lowest BCUT2D eigenvalue weighted by Crippen LogP contribution is -2.41. The highest BCUT2D eigenvalue weighted by Gasteiger charge is 2.25. The van der Waals surface area contributed by atoms with Crippen molar-refractivity contribution in [2.45, 2.75) is 45.6 Å². The van der Waals surface area contributed by atoms with Gasteiger partial charge in [-0.3, -0.25) is 9.89 Å². The van der Waals surface area contributed by atoms with Crippen molar-refractivity contribution in [1.29, 1.82) is 0 Å². The van der Waals surface area contributed by atoms with Crippen molar-refractivity contribution in [3.8, 4) is 11.3 Å². The number of aromatic nitrogens is 4. The first-order valence-electron chi connectivity index (χ1n) is 9.32. The normalized spacial score (nSPS) is 20.4. The highest BCUT2D eigenvalue weighted by molar-refractivity contribution is 6.05. The lowest BCUT2D eigenvalue weighted by atomic mass is 9.86. The Balaban J connectivity index is 1.66. The maximum atomic E-state index is 12.8. The van der Waals surface area contributed by atoms with Crippen molar-refractivity contribution >= 4 is 16.8 Å². The quantitative estimate of drug-likeness (QED) is 0.757. The summed E-state index contributed by atoms with van der Waals surface area (Å²) in [5.74, 6) is 1.38. The number of aryl methyl sites for hydroxylation is 1. The van der Waals surface area contributed by atoms with Gasteiger partial charge < -0.3 is 9.88 Å². The molecule has 2 heterocycles. The van der Waals surface area contributed by atoms with Gasteiger partial charge >= 0.3 is 0 Å². The summed E-state index contributed by atoms with van der Waals surface area (Å²) >= 11 is 0. The maximum Gasteiger partial charge on any atom is 0.272 e. The van der Waals surface area contributed by atoms with Crippen molar-refractivity contribution in [1.82, 2.24) is 25.1 Å². The summed E-state index contributed by atoms with van der Waals surface area (Å²) in [6, 6.07) is 6.27. The molecule has 0 saturated heterocycles. The number of nitrogens with one attached hydrogen (secondary N) is 2. The van der Waals surface area contributed by atoms with Gasteiger partial charge in [-0.1, -0.05) is 25.8 Å². The van der Waals surface area contributed by atoms with E-state index in [1.165, 1.54) is 19.3 Å². The van der Waals surface area contributed by atoms with Crippen LogP contribution in [0.1, 0.15) is 48.9 Å². The number of amides is 1. The zero-order chi connectivity index (χ0) is 18.3. The summed E-state index contributed by atoms with van der Waals surface area (Å²) in [5.41, 5.74) is 3.40. The Morgan fingerprint density at radius 1 is 1.31 bits per heavy atom. The summed E-state index contributed by atoms with van der Waals surface area (Å²) in [5, 5.41) is 11.3. The van der Waals surface area contributed by atoms with E-state index in [0.717, 1.165) is 34.4 Å². The second-order valence-corrected chi connectivity index (χ2v) is 7.42. The lowest BCUT2D eigenvalue weighted by Gasteiger charge is -2.29. The van der Waals surface area contributed by atoms with Gasteiger partial charge in [0.15, 0.2) is 5.69 Å². The molecule has 1 fully saturated rings. The zero-order valence-corrected chi connectivity index (χ0v) is 15.5. The van der Waals surface area contributed by atoms with E-state index in [9.17, 15) is 4.79 Å². The smallest absolute Gasteiger partial charge is 0.272 e. The molecule has 0 spiro atoms. The standard InChI is InChI=1S/C20H25N5O/c1-12-6-4-5-7-16(12)22-20(26)19-15-10-14(8-9-17(15)23-24-19)18-11-21-13(2)25(18)3/h8-12,16H,4-7H2,1-3H3,(H,22,26)(H,23,24)/t12-,16-/m1/s1. The maximum absolute atomic E-state index is 12.8. The summed E-state index contributed by atoms with van der Waals surface area (Å²) in [4.78, 5) is 17.2. The van der Waals surface area contributed by atoms with Crippen molar-refractivity contribution in [3.05, 3.63) is 35.9 Å². The number of carbonyl (C=O) groups is 1. The fourth-order valence-corrected chi connectivity index (χ4v) is 3.88. The third-order valence-corrected chi connectivity index (χ3v) is 5.72. The van der Waals surface area contributed by atoms with Gasteiger partial charge in [0.1, 0.15) is 5.82 Å². The molecule has 2 N–H and O–H groups in total. The number of aromatic amines is 1. The van der Waals surface area contributed by atoms with Crippen LogP contribution in [-0.4, -0.2) is 31.7 Å². The van der Waals surface area contributed by atoms with Gasteiger partial charge in [-0.15, -0.1) is 0 Å². The zero-order valence-electron chi connectivity index (χ0n) is 15.5. The van der Waals surface area contributed by atoms with Crippen LogP contribution < -0.4 is 5.32 Å². The molecule has 1 saturated carbocycles. The summed E-state index contributed by atoms with van der Waals surface area (Å²) in [7, 11) is 2.00. The average molecular weight is 351 g/mol. The number of rotatable bonds is 3. The topological polar surface area (TPSA) is 75.6 Å². The molecular weight excluding hydrogens is 326 g/mol. The molecule has 3 aromatic rings. The van der Waals surface area contributed by atoms with Gasteiger partial charge in [0.25, 0.3) is 5.91 Å². The number of carbonyl (C=O) groups excluding carboxylic acids is 1. The van der Waals surface area contributed by atoms with E-state index < -0.39 is 0 Å². The highest BCUT2D eigenvalue weighted by Crippen LogP contribution is 2.27. The van der Waals surface area contributed by atoms with Crippen molar-refractivity contribution in [2.24, 2.45) is 13.0 Å². The Bertz CT molecular complexity index is 954. The second kappa shape index (κ2) is 6.59. The van der Waals surface area contributed by atoms with E-state index >= 15 is 0 Å². The third kappa shape index (κ3) is 2.89. The molecule has 26 heavy (non-hydrogen) atoms. The van der Waals surface area contributed by atoms with Crippen LogP contribution in [0.4, 0.5) is 0 Å². The van der Waals surface area contributed by atoms with Crippen molar-refractivity contribution < 1.29 is 4.79 Å². The summed E-state index contributed by atoms with van der Waals surface area (Å²) in [6.07, 6.45) is 6.53. The Morgan fingerprint density at radius 2 is 2.12 bits per heavy atom. The minimum Gasteiger partial charge on any atom is -0.348 e. The number of imidazole rings is 1. The average Bonchev–Trinajstić information content (AvgIpc) is 3.20. The molecule has 0 bridgehead atoms. The van der Waals surface area contributed by atoms with E-state index in [0.29, 0.717) is 11.6 Å². The van der Waals surface area contributed by atoms with E-state index in [2.05, 4.69) is 27.4 Å². The molecule has 6 heteroatoms. The number of benzene rings is 1. The molecule has 136 valence electrons.